The molecule has 0 aliphatic rings. The predicted octanol–water partition coefficient (Wildman–Crippen LogP) is 3.81. The van der Waals surface area contributed by atoms with Crippen molar-refractivity contribution in [3.05, 3.63) is 16.1 Å². The quantitative estimate of drug-likeness (QED) is 0.672. The van der Waals surface area contributed by atoms with Gasteiger partial charge in [-0.1, -0.05) is 19.8 Å². The average Bonchev–Trinajstić information content (AvgIpc) is 3.02. The van der Waals surface area contributed by atoms with Crippen LogP contribution < -0.4 is 0 Å². The standard InChI is InChI=1S/C19H28N2O5S/c1-8-9-25-15(16-20-13(11-27-16)17(22)23)10-14(12(2)3)21(7)18(24)26-19(4,5)6/h1,11-12,14-15H,9-10H2,2-7H3,(H,22,23). The summed E-state index contributed by atoms with van der Waals surface area (Å²) in [5, 5.41) is 11.1. The maximum Gasteiger partial charge on any atom is 0.410 e. The molecule has 1 rings (SSSR count). The number of nitrogens with zero attached hydrogens (tertiary/aromatic N) is 2. The lowest BCUT2D eigenvalue weighted by molar-refractivity contribution is 0.00221. The smallest absolute Gasteiger partial charge is 0.410 e. The number of rotatable bonds is 8. The van der Waals surface area contributed by atoms with Crippen LogP contribution in [0.1, 0.15) is 62.6 Å². The zero-order valence-electron chi connectivity index (χ0n) is 16.7. The lowest BCUT2D eigenvalue weighted by atomic mass is 9.96. The number of terminal acetylenes is 1. The van der Waals surface area contributed by atoms with Gasteiger partial charge in [-0.25, -0.2) is 14.6 Å². The molecule has 0 aliphatic heterocycles. The van der Waals surface area contributed by atoms with Crippen LogP contribution in [0.3, 0.4) is 0 Å². The summed E-state index contributed by atoms with van der Waals surface area (Å²) < 4.78 is 11.2. The van der Waals surface area contributed by atoms with Gasteiger partial charge in [0.25, 0.3) is 0 Å². The van der Waals surface area contributed by atoms with Crippen LogP contribution in [0.15, 0.2) is 5.38 Å². The highest BCUT2D eigenvalue weighted by molar-refractivity contribution is 7.09. The molecule has 0 aliphatic carbocycles. The van der Waals surface area contributed by atoms with Gasteiger partial charge in [0.15, 0.2) is 5.69 Å². The number of carbonyl (C=O) groups excluding carboxylic acids is 1. The van der Waals surface area contributed by atoms with Crippen molar-refractivity contribution in [2.45, 2.75) is 58.8 Å². The molecule has 0 spiro atoms. The van der Waals surface area contributed by atoms with Gasteiger partial charge in [0.05, 0.1) is 0 Å². The second-order valence-electron chi connectivity index (χ2n) is 7.52. The van der Waals surface area contributed by atoms with Gasteiger partial charge in [0.2, 0.25) is 0 Å². The van der Waals surface area contributed by atoms with Crippen molar-refractivity contribution in [1.29, 1.82) is 0 Å². The van der Waals surface area contributed by atoms with Gasteiger partial charge in [0.1, 0.15) is 23.3 Å². The number of aromatic nitrogens is 1. The maximum atomic E-state index is 12.5. The van der Waals surface area contributed by atoms with Crippen molar-refractivity contribution >= 4 is 23.4 Å². The van der Waals surface area contributed by atoms with Gasteiger partial charge < -0.3 is 19.5 Å². The van der Waals surface area contributed by atoms with E-state index in [0.717, 1.165) is 0 Å². The first-order chi connectivity index (χ1) is 12.5. The molecule has 0 saturated heterocycles. The largest absolute Gasteiger partial charge is 0.476 e. The zero-order valence-corrected chi connectivity index (χ0v) is 17.5. The van der Waals surface area contributed by atoms with Crippen LogP contribution in [-0.2, 0) is 9.47 Å². The molecule has 0 aromatic carbocycles. The fraction of sp³-hybridized carbons (Fsp3) is 0.632. The number of ether oxygens (including phenoxy) is 2. The summed E-state index contributed by atoms with van der Waals surface area (Å²) in [6, 6.07) is -0.209. The van der Waals surface area contributed by atoms with Crippen LogP contribution in [-0.4, -0.2) is 52.4 Å². The molecule has 1 aromatic rings. The molecule has 1 amide bonds. The molecule has 2 atom stereocenters. The second-order valence-corrected chi connectivity index (χ2v) is 8.41. The second kappa shape index (κ2) is 9.72. The van der Waals surface area contributed by atoms with Crippen LogP contribution in [0.25, 0.3) is 0 Å². The van der Waals surface area contributed by atoms with E-state index >= 15 is 0 Å². The highest BCUT2D eigenvalue weighted by Crippen LogP contribution is 2.30. The summed E-state index contributed by atoms with van der Waals surface area (Å²) in [6.45, 7) is 9.48. The van der Waals surface area contributed by atoms with E-state index in [-0.39, 0.29) is 24.3 Å². The van der Waals surface area contributed by atoms with E-state index in [4.69, 9.17) is 21.0 Å². The van der Waals surface area contributed by atoms with Gasteiger partial charge in [-0.2, -0.15) is 0 Å². The molecule has 0 radical (unpaired) electrons. The van der Waals surface area contributed by atoms with E-state index in [2.05, 4.69) is 10.9 Å². The Morgan fingerprint density at radius 1 is 1.41 bits per heavy atom. The Kier molecular flexibility index (Phi) is 8.25. The molecule has 8 heteroatoms. The van der Waals surface area contributed by atoms with E-state index in [1.807, 2.05) is 34.6 Å². The molecular weight excluding hydrogens is 368 g/mol. The molecule has 2 unspecified atom stereocenters. The molecule has 1 heterocycles. The Morgan fingerprint density at radius 3 is 2.48 bits per heavy atom. The van der Waals surface area contributed by atoms with Gasteiger partial charge in [-0.05, 0) is 26.7 Å². The van der Waals surface area contributed by atoms with E-state index < -0.39 is 23.8 Å². The monoisotopic (exact) mass is 396 g/mol. The maximum absolute atomic E-state index is 12.5. The Hall–Kier alpha value is -2.11. The summed E-state index contributed by atoms with van der Waals surface area (Å²) in [5.41, 5.74) is -0.635. The zero-order chi connectivity index (χ0) is 20.8. The third kappa shape index (κ3) is 7.19. The number of thiazole rings is 1. The minimum absolute atomic E-state index is 0.0362. The van der Waals surface area contributed by atoms with Crippen molar-refractivity contribution in [1.82, 2.24) is 9.88 Å². The van der Waals surface area contributed by atoms with Crippen molar-refractivity contribution in [2.75, 3.05) is 13.7 Å². The first-order valence-corrected chi connectivity index (χ1v) is 9.53. The van der Waals surface area contributed by atoms with Crippen LogP contribution in [0, 0.1) is 18.3 Å². The molecule has 27 heavy (non-hydrogen) atoms. The number of hydrogen-bond acceptors (Lipinski definition) is 6. The topological polar surface area (TPSA) is 89.0 Å². The molecule has 1 aromatic heterocycles. The van der Waals surface area contributed by atoms with Crippen LogP contribution >= 0.6 is 11.3 Å². The molecular formula is C19H28N2O5S. The van der Waals surface area contributed by atoms with Crippen molar-refractivity contribution in [3.63, 3.8) is 0 Å². The lowest BCUT2D eigenvalue weighted by Gasteiger charge is -2.34. The van der Waals surface area contributed by atoms with E-state index in [9.17, 15) is 9.59 Å². The Bertz CT molecular complexity index is 687. The Balaban J connectivity index is 3.04. The number of hydrogen-bond donors (Lipinski definition) is 1. The van der Waals surface area contributed by atoms with Crippen molar-refractivity contribution in [3.8, 4) is 12.3 Å². The lowest BCUT2D eigenvalue weighted by Crippen LogP contribution is -2.44. The first-order valence-electron chi connectivity index (χ1n) is 8.65. The highest BCUT2D eigenvalue weighted by Gasteiger charge is 2.31. The molecule has 0 fully saturated rings. The first kappa shape index (κ1) is 22.9. The summed E-state index contributed by atoms with van der Waals surface area (Å²) in [5.74, 6) is 1.43. The molecule has 7 nitrogen and oxygen atoms in total. The summed E-state index contributed by atoms with van der Waals surface area (Å²) in [4.78, 5) is 29.3. The van der Waals surface area contributed by atoms with E-state index in [0.29, 0.717) is 11.4 Å². The fourth-order valence-corrected chi connectivity index (χ4v) is 3.34. The Morgan fingerprint density at radius 2 is 2.04 bits per heavy atom. The summed E-state index contributed by atoms with van der Waals surface area (Å²) in [7, 11) is 1.68. The van der Waals surface area contributed by atoms with Crippen LogP contribution in [0.4, 0.5) is 4.79 Å². The minimum atomic E-state index is -1.10. The summed E-state index contributed by atoms with van der Waals surface area (Å²) in [6.07, 6.45) is 4.78. The van der Waals surface area contributed by atoms with Crippen LogP contribution in [0.5, 0.6) is 0 Å². The fourth-order valence-electron chi connectivity index (χ4n) is 2.49. The SMILES string of the molecule is C#CCOC(CC(C(C)C)N(C)C(=O)OC(C)(C)C)c1nc(C(=O)O)cs1. The molecule has 1 N–H and O–H groups in total. The van der Waals surface area contributed by atoms with E-state index in [1.54, 1.807) is 11.9 Å². The average molecular weight is 397 g/mol. The van der Waals surface area contributed by atoms with Crippen LogP contribution in [0.2, 0.25) is 0 Å². The predicted molar refractivity (Wildman–Crippen MR) is 104 cm³/mol. The molecule has 0 bridgehead atoms. The van der Waals surface area contributed by atoms with Gasteiger partial charge >= 0.3 is 12.1 Å². The third-order valence-corrected chi connectivity index (χ3v) is 4.73. The van der Waals surface area contributed by atoms with Gasteiger partial charge in [-0.3, -0.25) is 0 Å². The number of carboxylic acids is 1. The Labute approximate surface area is 164 Å². The number of aromatic carboxylic acids is 1. The normalized spacial score (nSPS) is 13.7. The number of carboxylic acid groups (broad SMARTS) is 1. The van der Waals surface area contributed by atoms with Gasteiger partial charge in [-0.15, -0.1) is 17.8 Å². The number of carbonyl (C=O) groups is 2. The van der Waals surface area contributed by atoms with Gasteiger partial charge in [0, 0.05) is 24.9 Å². The number of amides is 1. The highest BCUT2D eigenvalue weighted by atomic mass is 32.1. The molecule has 0 saturated carbocycles. The van der Waals surface area contributed by atoms with Crippen molar-refractivity contribution in [2.24, 2.45) is 5.92 Å². The van der Waals surface area contributed by atoms with Crippen molar-refractivity contribution < 1.29 is 24.2 Å². The molecule has 150 valence electrons. The summed E-state index contributed by atoms with van der Waals surface area (Å²) >= 11 is 1.20. The minimum Gasteiger partial charge on any atom is -0.476 e. The van der Waals surface area contributed by atoms with E-state index in [1.165, 1.54) is 16.7 Å². The third-order valence-electron chi connectivity index (χ3n) is 3.79.